The smallest absolute Gasteiger partial charge is 0.338 e. The maximum absolute atomic E-state index is 12.1. The summed E-state index contributed by atoms with van der Waals surface area (Å²) in [6, 6.07) is 4.48. The zero-order chi connectivity index (χ0) is 19.9. The molecule has 10 heteroatoms. The SMILES string of the molecule is CC[C@H](C)NC(=O)NC(=O)COC(=O)c1cccc(S(=O)(=O)N(C)C)c1. The second-order valence-electron chi connectivity index (χ2n) is 5.72. The van der Waals surface area contributed by atoms with Crippen LogP contribution in [-0.4, -0.2) is 57.4 Å². The van der Waals surface area contributed by atoms with Crippen LogP contribution in [0.3, 0.4) is 0 Å². The maximum atomic E-state index is 12.1. The number of esters is 1. The van der Waals surface area contributed by atoms with Gasteiger partial charge >= 0.3 is 12.0 Å². The van der Waals surface area contributed by atoms with E-state index in [2.05, 4.69) is 5.32 Å². The Bertz CT molecular complexity index is 776. The number of ether oxygens (including phenoxy) is 1. The third-order valence-corrected chi connectivity index (χ3v) is 5.24. The van der Waals surface area contributed by atoms with Crippen molar-refractivity contribution in [3.05, 3.63) is 29.8 Å². The first-order chi connectivity index (χ1) is 12.1. The van der Waals surface area contributed by atoms with Gasteiger partial charge in [-0.3, -0.25) is 10.1 Å². The van der Waals surface area contributed by atoms with E-state index in [-0.39, 0.29) is 16.5 Å². The van der Waals surface area contributed by atoms with E-state index in [1.54, 1.807) is 6.92 Å². The third-order valence-electron chi connectivity index (χ3n) is 3.43. The Hall–Kier alpha value is -2.46. The Kier molecular flexibility index (Phi) is 7.72. The third kappa shape index (κ3) is 6.12. The lowest BCUT2D eigenvalue weighted by molar-refractivity contribution is -0.123. The van der Waals surface area contributed by atoms with Crippen LogP contribution in [0.4, 0.5) is 4.79 Å². The lowest BCUT2D eigenvalue weighted by Gasteiger charge is -2.13. The molecule has 1 atom stereocenters. The number of carbonyl (C=O) groups excluding carboxylic acids is 3. The number of amides is 3. The zero-order valence-electron chi connectivity index (χ0n) is 15.1. The lowest BCUT2D eigenvalue weighted by atomic mass is 10.2. The average molecular weight is 385 g/mol. The Balaban J connectivity index is 2.66. The minimum atomic E-state index is -3.70. The first-order valence-electron chi connectivity index (χ1n) is 7.88. The van der Waals surface area contributed by atoms with Gasteiger partial charge in [0, 0.05) is 20.1 Å². The number of sulfonamides is 1. The highest BCUT2D eigenvalue weighted by molar-refractivity contribution is 7.89. The molecule has 2 N–H and O–H groups in total. The molecule has 0 aromatic heterocycles. The van der Waals surface area contributed by atoms with Gasteiger partial charge in [0.15, 0.2) is 6.61 Å². The fourth-order valence-corrected chi connectivity index (χ4v) is 2.68. The number of benzene rings is 1. The molecule has 0 saturated heterocycles. The number of nitrogens with zero attached hydrogens (tertiary/aromatic N) is 1. The summed E-state index contributed by atoms with van der Waals surface area (Å²) < 4.78 is 30.0. The van der Waals surface area contributed by atoms with E-state index in [1.807, 2.05) is 12.2 Å². The van der Waals surface area contributed by atoms with Crippen molar-refractivity contribution in [1.29, 1.82) is 0 Å². The van der Waals surface area contributed by atoms with Crippen LogP contribution < -0.4 is 10.6 Å². The fraction of sp³-hybridized carbons (Fsp3) is 0.438. The highest BCUT2D eigenvalue weighted by Crippen LogP contribution is 2.15. The van der Waals surface area contributed by atoms with Crippen LogP contribution >= 0.6 is 0 Å². The molecule has 0 unspecified atom stereocenters. The molecule has 0 saturated carbocycles. The quantitative estimate of drug-likeness (QED) is 0.667. The fourth-order valence-electron chi connectivity index (χ4n) is 1.73. The molecule has 144 valence electrons. The predicted molar refractivity (Wildman–Crippen MR) is 94.0 cm³/mol. The molecule has 3 amide bonds. The summed E-state index contributed by atoms with van der Waals surface area (Å²) in [6.45, 7) is 2.98. The summed E-state index contributed by atoms with van der Waals surface area (Å²) in [5.74, 6) is -1.67. The number of carbonyl (C=O) groups is 3. The van der Waals surface area contributed by atoms with Crippen LogP contribution in [0.25, 0.3) is 0 Å². The largest absolute Gasteiger partial charge is 0.452 e. The standard InChI is InChI=1S/C16H23N3O6S/c1-5-11(2)17-16(22)18-14(20)10-25-15(21)12-7-6-8-13(9-12)26(23,24)19(3)4/h6-9,11H,5,10H2,1-4H3,(H2,17,18,20,22)/t11-/m0/s1. The Labute approximate surface area is 152 Å². The molecule has 0 spiro atoms. The zero-order valence-corrected chi connectivity index (χ0v) is 15.9. The summed E-state index contributed by atoms with van der Waals surface area (Å²) in [5.41, 5.74) is -0.0234. The van der Waals surface area contributed by atoms with E-state index in [9.17, 15) is 22.8 Å². The summed E-state index contributed by atoms with van der Waals surface area (Å²) in [5, 5.41) is 4.57. The molecule has 0 aliphatic carbocycles. The van der Waals surface area contributed by atoms with Crippen molar-refractivity contribution in [2.75, 3.05) is 20.7 Å². The molecule has 0 aliphatic heterocycles. The van der Waals surface area contributed by atoms with Crippen LogP contribution in [0.15, 0.2) is 29.2 Å². The summed E-state index contributed by atoms with van der Waals surface area (Å²) in [4.78, 5) is 35.0. The van der Waals surface area contributed by atoms with Crippen LogP contribution in [0, 0.1) is 0 Å². The summed E-state index contributed by atoms with van der Waals surface area (Å²) in [7, 11) is -0.961. The normalized spacial score (nSPS) is 12.3. The molecule has 1 rings (SSSR count). The van der Waals surface area contributed by atoms with E-state index < -0.39 is 34.5 Å². The van der Waals surface area contributed by atoms with Crippen molar-refractivity contribution < 1.29 is 27.5 Å². The van der Waals surface area contributed by atoms with Gasteiger partial charge in [-0.25, -0.2) is 22.3 Å². The minimum Gasteiger partial charge on any atom is -0.452 e. The molecule has 0 radical (unpaired) electrons. The van der Waals surface area contributed by atoms with Crippen molar-refractivity contribution in [3.63, 3.8) is 0 Å². The maximum Gasteiger partial charge on any atom is 0.338 e. The van der Waals surface area contributed by atoms with Crippen molar-refractivity contribution >= 4 is 27.9 Å². The Morgan fingerprint density at radius 2 is 1.88 bits per heavy atom. The number of imide groups is 1. The highest BCUT2D eigenvalue weighted by atomic mass is 32.2. The molecular formula is C16H23N3O6S. The molecule has 0 heterocycles. The van der Waals surface area contributed by atoms with Gasteiger partial charge in [0.25, 0.3) is 5.91 Å². The van der Waals surface area contributed by atoms with Crippen molar-refractivity contribution in [3.8, 4) is 0 Å². The van der Waals surface area contributed by atoms with Crippen LogP contribution in [0.2, 0.25) is 0 Å². The topological polar surface area (TPSA) is 122 Å². The molecule has 0 bridgehead atoms. The van der Waals surface area contributed by atoms with Gasteiger partial charge in [0.05, 0.1) is 10.5 Å². The molecule has 26 heavy (non-hydrogen) atoms. The molecule has 1 aromatic rings. The number of hydrogen-bond donors (Lipinski definition) is 2. The highest BCUT2D eigenvalue weighted by Gasteiger charge is 2.20. The van der Waals surface area contributed by atoms with Gasteiger partial charge in [-0.2, -0.15) is 0 Å². The van der Waals surface area contributed by atoms with Gasteiger partial charge in [0.1, 0.15) is 0 Å². The molecule has 0 aliphatic rings. The minimum absolute atomic E-state index is 0.0234. The predicted octanol–water partition coefficient (Wildman–Crippen LogP) is 0.718. The average Bonchev–Trinajstić information content (AvgIpc) is 2.59. The number of hydrogen-bond acceptors (Lipinski definition) is 6. The van der Waals surface area contributed by atoms with Gasteiger partial charge < -0.3 is 10.1 Å². The second-order valence-corrected chi connectivity index (χ2v) is 7.87. The Morgan fingerprint density at radius 1 is 1.23 bits per heavy atom. The monoisotopic (exact) mass is 385 g/mol. The number of rotatable bonds is 7. The first-order valence-corrected chi connectivity index (χ1v) is 9.32. The van der Waals surface area contributed by atoms with Gasteiger partial charge in [-0.1, -0.05) is 13.0 Å². The van der Waals surface area contributed by atoms with E-state index in [0.29, 0.717) is 6.42 Å². The van der Waals surface area contributed by atoms with E-state index >= 15 is 0 Å². The van der Waals surface area contributed by atoms with E-state index in [0.717, 1.165) is 10.4 Å². The second kappa shape index (κ2) is 9.30. The molecular weight excluding hydrogens is 362 g/mol. The molecule has 1 aromatic carbocycles. The molecule has 9 nitrogen and oxygen atoms in total. The van der Waals surface area contributed by atoms with Gasteiger partial charge in [0.2, 0.25) is 10.0 Å². The van der Waals surface area contributed by atoms with Crippen molar-refractivity contribution in [2.24, 2.45) is 0 Å². The Morgan fingerprint density at radius 3 is 2.46 bits per heavy atom. The first kappa shape index (κ1) is 21.6. The van der Waals surface area contributed by atoms with Crippen LogP contribution in [-0.2, 0) is 19.6 Å². The summed E-state index contributed by atoms with van der Waals surface area (Å²) in [6.07, 6.45) is 0.697. The van der Waals surface area contributed by atoms with E-state index in [4.69, 9.17) is 4.74 Å². The van der Waals surface area contributed by atoms with E-state index in [1.165, 1.54) is 32.3 Å². The molecule has 0 fully saturated rings. The van der Waals surface area contributed by atoms with Crippen LogP contribution in [0.5, 0.6) is 0 Å². The van der Waals surface area contributed by atoms with Crippen molar-refractivity contribution in [1.82, 2.24) is 14.9 Å². The van der Waals surface area contributed by atoms with Crippen LogP contribution in [0.1, 0.15) is 30.6 Å². The number of urea groups is 1. The number of nitrogens with one attached hydrogen (secondary N) is 2. The van der Waals surface area contributed by atoms with Crippen molar-refractivity contribution in [2.45, 2.75) is 31.2 Å². The van der Waals surface area contributed by atoms with Gasteiger partial charge in [-0.15, -0.1) is 0 Å². The summed E-state index contributed by atoms with van der Waals surface area (Å²) >= 11 is 0. The van der Waals surface area contributed by atoms with Gasteiger partial charge in [-0.05, 0) is 31.5 Å². The lowest BCUT2D eigenvalue weighted by Crippen LogP contribution is -2.44.